The molecular weight excluding hydrogens is 413 g/mol. The fourth-order valence-corrected chi connectivity index (χ4v) is 5.55. The van der Waals surface area contributed by atoms with Gasteiger partial charge in [-0.1, -0.05) is 29.8 Å². The molecule has 0 unspecified atom stereocenters. The molecule has 2 saturated heterocycles. The van der Waals surface area contributed by atoms with Crippen LogP contribution in [-0.2, 0) is 0 Å². The summed E-state index contributed by atoms with van der Waals surface area (Å²) in [4.78, 5) is 28.9. The maximum atomic E-state index is 13.8. The Morgan fingerprint density at radius 3 is 2.55 bits per heavy atom. The first-order valence-corrected chi connectivity index (χ1v) is 10.9. The van der Waals surface area contributed by atoms with Crippen molar-refractivity contribution in [3.05, 3.63) is 64.9 Å². The Morgan fingerprint density at radius 1 is 1.07 bits per heavy atom. The maximum Gasteiger partial charge on any atom is 0.321 e. The highest BCUT2D eigenvalue weighted by Gasteiger charge is 2.47. The second kappa shape index (κ2) is 8.24. The van der Waals surface area contributed by atoms with Crippen LogP contribution in [0.3, 0.4) is 0 Å². The zero-order chi connectivity index (χ0) is 20.4. The normalized spacial score (nSPS) is 18.1. The van der Waals surface area contributed by atoms with Crippen LogP contribution < -0.4 is 5.32 Å². The highest BCUT2D eigenvalue weighted by atomic mass is 35.5. The summed E-state index contributed by atoms with van der Waals surface area (Å²) in [5.74, 6) is 0.383. The molecule has 3 amide bonds. The molecule has 2 fully saturated rings. The number of nitrogens with zero attached hydrogens (tertiary/aromatic N) is 2. The van der Waals surface area contributed by atoms with Crippen molar-refractivity contribution >= 4 is 41.0 Å². The van der Waals surface area contributed by atoms with Gasteiger partial charge in [-0.05, 0) is 43.2 Å². The maximum absolute atomic E-state index is 13.8. The van der Waals surface area contributed by atoms with Crippen molar-refractivity contribution in [3.63, 3.8) is 0 Å². The number of halogens is 2. The highest BCUT2D eigenvalue weighted by molar-refractivity contribution is 8.00. The van der Waals surface area contributed by atoms with Gasteiger partial charge < -0.3 is 15.1 Å². The number of amides is 3. The van der Waals surface area contributed by atoms with Crippen LogP contribution in [0, 0.1) is 5.82 Å². The van der Waals surface area contributed by atoms with Crippen LogP contribution in [0.5, 0.6) is 0 Å². The van der Waals surface area contributed by atoms with Gasteiger partial charge in [-0.3, -0.25) is 4.79 Å². The molecule has 2 heterocycles. The first-order chi connectivity index (χ1) is 14.0. The molecule has 2 aromatic carbocycles. The van der Waals surface area contributed by atoms with Gasteiger partial charge in [-0.2, -0.15) is 0 Å². The number of piperidine rings is 1. The number of hydrogen-bond donors (Lipinski definition) is 1. The van der Waals surface area contributed by atoms with Crippen LogP contribution in [0.2, 0.25) is 5.02 Å². The van der Waals surface area contributed by atoms with Gasteiger partial charge in [-0.25, -0.2) is 9.18 Å². The number of thioether (sulfide) groups is 1. The first kappa shape index (κ1) is 20.0. The van der Waals surface area contributed by atoms with Crippen molar-refractivity contribution in [1.29, 1.82) is 0 Å². The lowest BCUT2D eigenvalue weighted by molar-refractivity contribution is 0.0585. The third-order valence-electron chi connectivity index (χ3n) is 5.44. The Bertz CT molecular complexity index is 934. The predicted octanol–water partition coefficient (Wildman–Crippen LogP) is 4.69. The fourth-order valence-electron chi connectivity index (χ4n) is 3.90. The van der Waals surface area contributed by atoms with E-state index in [-0.39, 0.29) is 22.5 Å². The number of para-hydroxylation sites is 1. The van der Waals surface area contributed by atoms with Crippen LogP contribution in [-0.4, -0.2) is 52.0 Å². The van der Waals surface area contributed by atoms with Crippen molar-refractivity contribution in [3.8, 4) is 0 Å². The summed E-state index contributed by atoms with van der Waals surface area (Å²) in [7, 11) is 0. The smallest absolute Gasteiger partial charge is 0.321 e. The number of rotatable bonds is 2. The number of likely N-dealkylation sites (tertiary alicyclic amines) is 1. The number of hydrogen-bond acceptors (Lipinski definition) is 3. The summed E-state index contributed by atoms with van der Waals surface area (Å²) in [6.45, 7) is 1.69. The van der Waals surface area contributed by atoms with E-state index in [2.05, 4.69) is 5.32 Å². The number of benzene rings is 2. The van der Waals surface area contributed by atoms with Crippen LogP contribution in [0.25, 0.3) is 0 Å². The van der Waals surface area contributed by atoms with E-state index in [4.69, 9.17) is 11.6 Å². The van der Waals surface area contributed by atoms with Crippen molar-refractivity contribution in [2.75, 3.05) is 30.7 Å². The van der Waals surface area contributed by atoms with Crippen molar-refractivity contribution < 1.29 is 14.0 Å². The number of carbonyl (C=O) groups is 2. The van der Waals surface area contributed by atoms with Crippen LogP contribution in [0.1, 0.15) is 23.2 Å². The Kier molecular flexibility index (Phi) is 5.69. The lowest BCUT2D eigenvalue weighted by Crippen LogP contribution is -2.54. The molecule has 2 aliphatic heterocycles. The average molecular weight is 434 g/mol. The zero-order valence-electron chi connectivity index (χ0n) is 15.7. The molecule has 0 bridgehead atoms. The third kappa shape index (κ3) is 4.07. The van der Waals surface area contributed by atoms with Crippen LogP contribution in [0.15, 0.2) is 48.5 Å². The number of nitrogens with one attached hydrogen (secondary N) is 1. The molecule has 4 rings (SSSR count). The van der Waals surface area contributed by atoms with Crippen molar-refractivity contribution in [2.45, 2.75) is 17.7 Å². The topological polar surface area (TPSA) is 52.7 Å². The minimum absolute atomic E-state index is 0.0261. The van der Waals surface area contributed by atoms with E-state index in [0.29, 0.717) is 43.1 Å². The van der Waals surface area contributed by atoms with Crippen LogP contribution in [0.4, 0.5) is 14.9 Å². The molecule has 152 valence electrons. The molecule has 0 atom stereocenters. The van der Waals surface area contributed by atoms with Gasteiger partial charge in [0, 0.05) is 36.0 Å². The molecule has 0 aromatic heterocycles. The monoisotopic (exact) mass is 433 g/mol. The average Bonchev–Trinajstić information content (AvgIpc) is 3.12. The number of anilines is 1. The second-order valence-corrected chi connectivity index (χ2v) is 9.05. The zero-order valence-corrected chi connectivity index (χ0v) is 17.3. The number of urea groups is 1. The SMILES string of the molecule is O=C(Nc1ccccc1F)N1CCC2(CC1)SCCN2C(=O)c1cccc(Cl)c1. The lowest BCUT2D eigenvalue weighted by atomic mass is 10.0. The molecule has 5 nitrogen and oxygen atoms in total. The molecule has 2 aliphatic rings. The van der Waals surface area contributed by atoms with E-state index < -0.39 is 5.82 Å². The van der Waals surface area contributed by atoms with Gasteiger partial charge in [-0.15, -0.1) is 11.8 Å². The molecule has 0 aliphatic carbocycles. The van der Waals surface area contributed by atoms with Gasteiger partial charge in [0.05, 0.1) is 10.6 Å². The van der Waals surface area contributed by atoms with Gasteiger partial charge in [0.25, 0.3) is 5.91 Å². The Balaban J connectivity index is 1.43. The minimum atomic E-state index is -0.459. The standard InChI is InChI=1S/C21H21ClFN3O2S/c22-16-5-3-4-15(14-16)19(27)26-12-13-29-21(26)8-10-25(11-9-21)20(28)24-18-7-2-1-6-17(18)23/h1-7,14H,8-13H2,(H,24,28). The lowest BCUT2D eigenvalue weighted by Gasteiger charge is -2.44. The quantitative estimate of drug-likeness (QED) is 0.747. The van der Waals surface area contributed by atoms with Crippen molar-refractivity contribution in [1.82, 2.24) is 9.80 Å². The van der Waals surface area contributed by atoms with E-state index in [1.807, 2.05) is 4.90 Å². The Labute approximate surface area is 178 Å². The van der Waals surface area contributed by atoms with Crippen molar-refractivity contribution in [2.24, 2.45) is 0 Å². The summed E-state index contributed by atoms with van der Waals surface area (Å²) in [5.41, 5.74) is 0.755. The van der Waals surface area contributed by atoms with E-state index in [9.17, 15) is 14.0 Å². The summed E-state index contributed by atoms with van der Waals surface area (Å²) < 4.78 is 13.8. The second-order valence-electron chi connectivity index (χ2n) is 7.16. The molecule has 0 saturated carbocycles. The summed E-state index contributed by atoms with van der Waals surface area (Å²) in [6.07, 6.45) is 1.35. The molecular formula is C21H21ClFN3O2S. The Hall–Kier alpha value is -2.25. The minimum Gasteiger partial charge on any atom is -0.324 e. The fraction of sp³-hybridized carbons (Fsp3) is 0.333. The van der Waals surface area contributed by atoms with Gasteiger partial charge >= 0.3 is 6.03 Å². The Morgan fingerprint density at radius 2 is 1.83 bits per heavy atom. The van der Waals surface area contributed by atoms with Gasteiger partial charge in [0.15, 0.2) is 0 Å². The molecule has 1 spiro atoms. The molecule has 29 heavy (non-hydrogen) atoms. The summed E-state index contributed by atoms with van der Waals surface area (Å²) in [5, 5.41) is 3.17. The third-order valence-corrected chi connectivity index (χ3v) is 7.23. The van der Waals surface area contributed by atoms with E-state index in [1.165, 1.54) is 12.1 Å². The molecule has 0 radical (unpaired) electrons. The molecule has 1 N–H and O–H groups in total. The highest BCUT2D eigenvalue weighted by Crippen LogP contribution is 2.44. The van der Waals surface area contributed by atoms with E-state index in [0.717, 1.165) is 5.75 Å². The molecule has 2 aromatic rings. The predicted molar refractivity (Wildman–Crippen MR) is 114 cm³/mol. The summed E-state index contributed by atoms with van der Waals surface area (Å²) >= 11 is 7.83. The molecule has 8 heteroatoms. The number of carbonyl (C=O) groups excluding carboxylic acids is 2. The largest absolute Gasteiger partial charge is 0.324 e. The first-order valence-electron chi connectivity index (χ1n) is 9.50. The van der Waals surface area contributed by atoms with E-state index >= 15 is 0 Å². The summed E-state index contributed by atoms with van der Waals surface area (Å²) in [6, 6.07) is 12.8. The van der Waals surface area contributed by atoms with Gasteiger partial charge in [0.2, 0.25) is 0 Å². The van der Waals surface area contributed by atoms with Gasteiger partial charge in [0.1, 0.15) is 5.82 Å². The van der Waals surface area contributed by atoms with E-state index in [1.54, 1.807) is 53.1 Å². The van der Waals surface area contributed by atoms with Crippen LogP contribution >= 0.6 is 23.4 Å².